The summed E-state index contributed by atoms with van der Waals surface area (Å²) in [5, 5.41) is 12.1. The maximum atomic E-state index is 8.91. The van der Waals surface area contributed by atoms with Gasteiger partial charge < -0.3 is 15.0 Å². The lowest BCUT2D eigenvalue weighted by molar-refractivity contribution is 0.227. The fourth-order valence-corrected chi connectivity index (χ4v) is 1.71. The first-order valence-electron chi connectivity index (χ1n) is 5.60. The zero-order chi connectivity index (χ0) is 12.0. The zero-order valence-electron chi connectivity index (χ0n) is 10.3. The quantitative estimate of drug-likeness (QED) is 0.677. The molecule has 1 rings (SSSR count). The number of aryl methyl sites for hydroxylation is 1. The fraction of sp³-hybridized carbons (Fsp3) is 0.727. The number of imidazole rings is 1. The Labute approximate surface area is 97.1 Å². The zero-order valence-corrected chi connectivity index (χ0v) is 10.3. The molecule has 2 N–H and O–H groups in total. The largest absolute Gasteiger partial charge is 0.396 e. The van der Waals surface area contributed by atoms with Gasteiger partial charge in [0.05, 0.1) is 6.54 Å². The molecule has 1 unspecified atom stereocenters. The van der Waals surface area contributed by atoms with Crippen molar-refractivity contribution >= 4 is 0 Å². The number of aliphatic hydroxyl groups is 1. The van der Waals surface area contributed by atoms with Crippen LogP contribution in [0.2, 0.25) is 0 Å². The lowest BCUT2D eigenvalue weighted by atomic mass is 10.2. The number of nitrogens with one attached hydrogen (secondary N) is 1. The molecule has 0 aliphatic carbocycles. The predicted molar refractivity (Wildman–Crippen MR) is 64.1 cm³/mol. The molecule has 92 valence electrons. The van der Waals surface area contributed by atoms with Crippen LogP contribution in [0.5, 0.6) is 0 Å². The van der Waals surface area contributed by atoms with Gasteiger partial charge in [-0.25, -0.2) is 4.98 Å². The van der Waals surface area contributed by atoms with E-state index in [0.717, 1.165) is 25.3 Å². The van der Waals surface area contributed by atoms with Gasteiger partial charge in [-0.15, -0.1) is 0 Å². The molecule has 1 heterocycles. The van der Waals surface area contributed by atoms with Gasteiger partial charge in [-0.05, 0) is 20.5 Å². The third-order valence-corrected chi connectivity index (χ3v) is 2.75. The molecule has 0 spiro atoms. The number of aliphatic hydroxyl groups excluding tert-OH is 1. The van der Waals surface area contributed by atoms with Gasteiger partial charge in [-0.2, -0.15) is 0 Å². The number of aromatic nitrogens is 2. The summed E-state index contributed by atoms with van der Waals surface area (Å²) in [5.74, 6) is 1.06. The molecule has 0 aromatic carbocycles. The minimum absolute atomic E-state index is 0.224. The first-order chi connectivity index (χ1) is 7.67. The van der Waals surface area contributed by atoms with E-state index in [4.69, 9.17) is 5.11 Å². The fourth-order valence-electron chi connectivity index (χ4n) is 1.71. The molecular formula is C11H22N4O. The molecule has 0 aliphatic rings. The monoisotopic (exact) mass is 226 g/mol. The average molecular weight is 226 g/mol. The number of hydrogen-bond acceptors (Lipinski definition) is 4. The van der Waals surface area contributed by atoms with Crippen LogP contribution in [0.15, 0.2) is 12.4 Å². The van der Waals surface area contributed by atoms with E-state index in [2.05, 4.69) is 22.2 Å². The van der Waals surface area contributed by atoms with Crippen LogP contribution in [-0.2, 0) is 13.6 Å². The van der Waals surface area contributed by atoms with Crippen LogP contribution in [0, 0.1) is 0 Å². The van der Waals surface area contributed by atoms with E-state index in [1.165, 1.54) is 0 Å². The van der Waals surface area contributed by atoms with Crippen molar-refractivity contribution < 1.29 is 5.11 Å². The molecule has 1 aromatic rings. The first-order valence-corrected chi connectivity index (χ1v) is 5.60. The Morgan fingerprint density at radius 1 is 1.62 bits per heavy atom. The van der Waals surface area contributed by atoms with E-state index in [9.17, 15) is 0 Å². The van der Waals surface area contributed by atoms with Gasteiger partial charge in [0.1, 0.15) is 5.82 Å². The normalized spacial score (nSPS) is 13.3. The van der Waals surface area contributed by atoms with E-state index in [-0.39, 0.29) is 6.61 Å². The Kier molecular flexibility index (Phi) is 5.45. The molecule has 5 heteroatoms. The van der Waals surface area contributed by atoms with Crippen LogP contribution in [0.1, 0.15) is 12.2 Å². The molecule has 0 amide bonds. The third-order valence-electron chi connectivity index (χ3n) is 2.75. The maximum absolute atomic E-state index is 8.91. The molecule has 5 nitrogen and oxygen atoms in total. The second kappa shape index (κ2) is 6.62. The van der Waals surface area contributed by atoms with E-state index >= 15 is 0 Å². The Balaban J connectivity index is 2.40. The van der Waals surface area contributed by atoms with Crippen molar-refractivity contribution in [1.29, 1.82) is 0 Å². The summed E-state index contributed by atoms with van der Waals surface area (Å²) in [4.78, 5) is 6.49. The van der Waals surface area contributed by atoms with E-state index < -0.39 is 0 Å². The summed E-state index contributed by atoms with van der Waals surface area (Å²) in [5.41, 5.74) is 0. The van der Waals surface area contributed by atoms with Crippen molar-refractivity contribution in [1.82, 2.24) is 19.8 Å². The van der Waals surface area contributed by atoms with Gasteiger partial charge in [0, 0.05) is 38.6 Å². The van der Waals surface area contributed by atoms with E-state index in [1.807, 2.05) is 31.1 Å². The summed E-state index contributed by atoms with van der Waals surface area (Å²) in [7, 11) is 5.99. The Morgan fingerprint density at radius 3 is 2.88 bits per heavy atom. The highest BCUT2D eigenvalue weighted by atomic mass is 16.3. The molecule has 0 saturated carbocycles. The molecule has 0 saturated heterocycles. The van der Waals surface area contributed by atoms with Crippen molar-refractivity contribution in [2.45, 2.75) is 19.0 Å². The Morgan fingerprint density at radius 2 is 2.38 bits per heavy atom. The highest BCUT2D eigenvalue weighted by Crippen LogP contribution is 2.01. The van der Waals surface area contributed by atoms with E-state index in [1.54, 1.807) is 0 Å². The SMILES string of the molecule is CNC(CCO)CN(C)Cc1nccn1C. The van der Waals surface area contributed by atoms with E-state index in [0.29, 0.717) is 6.04 Å². The molecule has 1 atom stereocenters. The second-order valence-electron chi connectivity index (χ2n) is 4.15. The second-order valence-corrected chi connectivity index (χ2v) is 4.15. The maximum Gasteiger partial charge on any atom is 0.122 e. The number of hydrogen-bond donors (Lipinski definition) is 2. The Hall–Kier alpha value is -0.910. The number of nitrogens with zero attached hydrogens (tertiary/aromatic N) is 3. The van der Waals surface area contributed by atoms with Crippen LogP contribution in [0.4, 0.5) is 0 Å². The molecule has 0 radical (unpaired) electrons. The molecule has 0 fully saturated rings. The Bertz CT molecular complexity index is 300. The smallest absolute Gasteiger partial charge is 0.122 e. The molecule has 16 heavy (non-hydrogen) atoms. The standard InChI is InChI=1S/C11H22N4O/c1-12-10(4-7-16)8-14(2)9-11-13-5-6-15(11)3/h5-6,10,12,16H,4,7-9H2,1-3H3. The van der Waals surface area contributed by atoms with Crippen molar-refractivity contribution in [2.24, 2.45) is 7.05 Å². The minimum Gasteiger partial charge on any atom is -0.396 e. The van der Waals surface area contributed by atoms with Crippen molar-refractivity contribution in [3.05, 3.63) is 18.2 Å². The number of rotatable bonds is 7. The lowest BCUT2D eigenvalue weighted by Gasteiger charge is -2.22. The average Bonchev–Trinajstić information content (AvgIpc) is 2.64. The summed E-state index contributed by atoms with van der Waals surface area (Å²) < 4.78 is 2.02. The molecule has 0 bridgehead atoms. The summed E-state index contributed by atoms with van der Waals surface area (Å²) >= 11 is 0. The molecule has 0 aliphatic heterocycles. The van der Waals surface area contributed by atoms with Crippen LogP contribution < -0.4 is 5.32 Å². The van der Waals surface area contributed by atoms with Crippen LogP contribution in [0.3, 0.4) is 0 Å². The number of likely N-dealkylation sites (N-methyl/N-ethyl adjacent to an activating group) is 2. The van der Waals surface area contributed by atoms with Crippen molar-refractivity contribution in [2.75, 3.05) is 27.2 Å². The summed E-state index contributed by atoms with van der Waals surface area (Å²) in [6.45, 7) is 1.96. The van der Waals surface area contributed by atoms with Gasteiger partial charge >= 0.3 is 0 Å². The topological polar surface area (TPSA) is 53.3 Å². The third kappa shape index (κ3) is 3.92. The van der Waals surface area contributed by atoms with Crippen molar-refractivity contribution in [3.63, 3.8) is 0 Å². The van der Waals surface area contributed by atoms with Gasteiger partial charge in [-0.3, -0.25) is 4.90 Å². The molecular weight excluding hydrogens is 204 g/mol. The van der Waals surface area contributed by atoms with Crippen LogP contribution >= 0.6 is 0 Å². The lowest BCUT2D eigenvalue weighted by Crippen LogP contribution is -2.38. The summed E-state index contributed by atoms with van der Waals surface area (Å²) in [6, 6.07) is 0.329. The van der Waals surface area contributed by atoms with Crippen LogP contribution in [0.25, 0.3) is 0 Å². The van der Waals surface area contributed by atoms with Gasteiger partial charge in [0.25, 0.3) is 0 Å². The van der Waals surface area contributed by atoms with Crippen LogP contribution in [-0.4, -0.2) is 52.8 Å². The first kappa shape index (κ1) is 13.2. The highest BCUT2D eigenvalue weighted by molar-refractivity contribution is 4.90. The van der Waals surface area contributed by atoms with Gasteiger partial charge in [0.15, 0.2) is 0 Å². The summed E-state index contributed by atoms with van der Waals surface area (Å²) in [6.07, 6.45) is 4.54. The highest BCUT2D eigenvalue weighted by Gasteiger charge is 2.10. The predicted octanol–water partition coefficient (Wildman–Crippen LogP) is -0.178. The van der Waals surface area contributed by atoms with Crippen molar-refractivity contribution in [3.8, 4) is 0 Å². The van der Waals surface area contributed by atoms with Gasteiger partial charge in [0.2, 0.25) is 0 Å². The minimum atomic E-state index is 0.224. The van der Waals surface area contributed by atoms with Gasteiger partial charge in [-0.1, -0.05) is 0 Å². The molecule has 1 aromatic heterocycles.